The molecule has 1 saturated heterocycles. The predicted molar refractivity (Wildman–Crippen MR) is 64.1 cm³/mol. The van der Waals surface area contributed by atoms with Crippen LogP contribution in [0.5, 0.6) is 5.75 Å². The first kappa shape index (κ1) is 14.0. The molecule has 2 N–H and O–H groups in total. The summed E-state index contributed by atoms with van der Waals surface area (Å²) in [5.74, 6) is -3.68. The molecule has 1 aromatic rings. The fraction of sp³-hybridized carbons (Fsp3) is 0.308. The molecule has 0 spiro atoms. The van der Waals surface area contributed by atoms with Gasteiger partial charge < -0.3 is 10.2 Å². The number of hydrogen-bond acceptors (Lipinski definition) is 4. The molecule has 2 amide bonds. The number of phenols is 1. The third-order valence-electron chi connectivity index (χ3n) is 3.13. The lowest BCUT2D eigenvalue weighted by molar-refractivity contribution is -0.144. The van der Waals surface area contributed by atoms with Gasteiger partial charge in [0.25, 0.3) is 0 Å². The molecule has 6 nitrogen and oxygen atoms in total. The van der Waals surface area contributed by atoms with Gasteiger partial charge in [-0.25, -0.2) is 4.39 Å². The first-order valence-electron chi connectivity index (χ1n) is 5.95. The second kappa shape index (κ2) is 5.28. The van der Waals surface area contributed by atoms with Crippen molar-refractivity contribution < 1.29 is 29.0 Å². The van der Waals surface area contributed by atoms with E-state index in [0.717, 1.165) is 17.0 Å². The summed E-state index contributed by atoms with van der Waals surface area (Å²) in [7, 11) is 0. The van der Waals surface area contributed by atoms with E-state index in [-0.39, 0.29) is 18.4 Å². The average molecular weight is 281 g/mol. The van der Waals surface area contributed by atoms with Gasteiger partial charge in [-0.3, -0.25) is 19.3 Å². The Morgan fingerprint density at radius 1 is 1.30 bits per heavy atom. The van der Waals surface area contributed by atoms with Crippen molar-refractivity contribution in [1.82, 2.24) is 4.90 Å². The second-order valence-electron chi connectivity index (χ2n) is 4.48. The topological polar surface area (TPSA) is 94.9 Å². The Morgan fingerprint density at radius 2 is 1.90 bits per heavy atom. The average Bonchev–Trinajstić information content (AvgIpc) is 2.70. The Morgan fingerprint density at radius 3 is 2.40 bits per heavy atom. The maximum atomic E-state index is 13.4. The van der Waals surface area contributed by atoms with E-state index in [9.17, 15) is 18.8 Å². The fourth-order valence-electron chi connectivity index (χ4n) is 2.20. The van der Waals surface area contributed by atoms with Crippen molar-refractivity contribution in [2.24, 2.45) is 0 Å². The zero-order valence-electron chi connectivity index (χ0n) is 10.4. The van der Waals surface area contributed by atoms with Crippen LogP contribution in [-0.4, -0.2) is 32.9 Å². The van der Waals surface area contributed by atoms with Crippen LogP contribution in [0.3, 0.4) is 0 Å². The number of likely N-dealkylation sites (tertiary alicyclic amines) is 1. The maximum absolute atomic E-state index is 13.4. The molecule has 0 aromatic heterocycles. The Kier molecular flexibility index (Phi) is 3.69. The van der Waals surface area contributed by atoms with Gasteiger partial charge >= 0.3 is 5.97 Å². The van der Waals surface area contributed by atoms with Crippen LogP contribution in [0, 0.1) is 5.82 Å². The summed E-state index contributed by atoms with van der Waals surface area (Å²) in [6, 6.07) is 2.22. The number of hydrogen-bond donors (Lipinski definition) is 2. The minimum absolute atomic E-state index is 0.0233. The van der Waals surface area contributed by atoms with E-state index in [0.29, 0.717) is 0 Å². The van der Waals surface area contributed by atoms with E-state index in [4.69, 9.17) is 10.2 Å². The lowest BCUT2D eigenvalue weighted by Gasteiger charge is -2.25. The Balaban J connectivity index is 2.41. The highest BCUT2D eigenvalue weighted by molar-refractivity contribution is 6.02. The number of phenolic OH excluding ortho intramolecular Hbond substituents is 1. The molecule has 2 rings (SSSR count). The van der Waals surface area contributed by atoms with Gasteiger partial charge in [0.05, 0.1) is 12.5 Å². The number of amides is 2. The molecule has 1 atom stereocenters. The Labute approximate surface area is 113 Å². The highest BCUT2D eigenvalue weighted by atomic mass is 19.1. The largest absolute Gasteiger partial charge is 0.505 e. The minimum Gasteiger partial charge on any atom is -0.505 e. The molecule has 0 bridgehead atoms. The molecule has 1 heterocycles. The number of carbonyl (C=O) groups is 3. The van der Waals surface area contributed by atoms with E-state index < -0.39 is 41.8 Å². The fourth-order valence-corrected chi connectivity index (χ4v) is 2.20. The van der Waals surface area contributed by atoms with E-state index in [1.807, 2.05) is 0 Å². The van der Waals surface area contributed by atoms with Gasteiger partial charge in [-0.05, 0) is 17.7 Å². The van der Waals surface area contributed by atoms with E-state index in [1.54, 1.807) is 0 Å². The molecule has 1 fully saturated rings. The van der Waals surface area contributed by atoms with Gasteiger partial charge in [-0.1, -0.05) is 6.07 Å². The number of aromatic hydroxyl groups is 1. The number of carboxylic acid groups (broad SMARTS) is 1. The van der Waals surface area contributed by atoms with Gasteiger partial charge in [0.15, 0.2) is 11.6 Å². The third kappa shape index (κ3) is 2.61. The quantitative estimate of drug-likeness (QED) is 0.808. The van der Waals surface area contributed by atoms with Crippen LogP contribution in [-0.2, 0) is 14.4 Å². The zero-order chi connectivity index (χ0) is 14.9. The van der Waals surface area contributed by atoms with E-state index >= 15 is 0 Å². The van der Waals surface area contributed by atoms with E-state index in [1.165, 1.54) is 6.07 Å². The monoisotopic (exact) mass is 281 g/mol. The number of carboxylic acids is 1. The lowest BCUT2D eigenvalue weighted by Crippen LogP contribution is -2.34. The lowest BCUT2D eigenvalue weighted by atomic mass is 10.0. The first-order chi connectivity index (χ1) is 9.40. The summed E-state index contributed by atoms with van der Waals surface area (Å²) in [6.45, 7) is 0. The van der Waals surface area contributed by atoms with Gasteiger partial charge in [0.2, 0.25) is 11.8 Å². The molecule has 0 radical (unpaired) electrons. The number of benzene rings is 1. The number of carbonyl (C=O) groups excluding carboxylic acids is 2. The summed E-state index contributed by atoms with van der Waals surface area (Å²) in [6.07, 6.45) is -0.466. The predicted octanol–water partition coefficient (Wildman–Crippen LogP) is 1.20. The van der Waals surface area contributed by atoms with Crippen molar-refractivity contribution in [1.29, 1.82) is 0 Å². The van der Waals surface area contributed by atoms with Crippen LogP contribution >= 0.6 is 0 Å². The molecule has 1 aliphatic heterocycles. The summed E-state index contributed by atoms with van der Waals surface area (Å²) in [5, 5.41) is 18.0. The van der Waals surface area contributed by atoms with Crippen molar-refractivity contribution in [2.75, 3.05) is 0 Å². The van der Waals surface area contributed by atoms with Crippen LogP contribution in [0.25, 0.3) is 0 Å². The molecule has 7 heteroatoms. The minimum atomic E-state index is -1.21. The molecule has 1 unspecified atom stereocenters. The van der Waals surface area contributed by atoms with Crippen LogP contribution in [0.15, 0.2) is 18.2 Å². The third-order valence-corrected chi connectivity index (χ3v) is 3.13. The van der Waals surface area contributed by atoms with Crippen LogP contribution in [0.1, 0.15) is 30.9 Å². The maximum Gasteiger partial charge on any atom is 0.305 e. The van der Waals surface area contributed by atoms with Gasteiger partial charge in [0.1, 0.15) is 0 Å². The second-order valence-corrected chi connectivity index (χ2v) is 4.48. The molecular formula is C13H12FNO5. The number of rotatable bonds is 4. The first-order valence-corrected chi connectivity index (χ1v) is 5.95. The summed E-state index contributed by atoms with van der Waals surface area (Å²) >= 11 is 0. The van der Waals surface area contributed by atoms with Gasteiger partial charge in [-0.15, -0.1) is 0 Å². The van der Waals surface area contributed by atoms with Crippen LogP contribution in [0.2, 0.25) is 0 Å². The SMILES string of the molecule is O=C(O)CC(c1ccc(O)c(F)c1)N1C(=O)CCC1=O. The number of nitrogens with zero attached hydrogens (tertiary/aromatic N) is 1. The van der Waals surface area contributed by atoms with Crippen molar-refractivity contribution in [3.8, 4) is 5.75 Å². The van der Waals surface area contributed by atoms with E-state index in [2.05, 4.69) is 0 Å². The standard InChI is InChI=1S/C13H12FNO5/c14-8-5-7(1-2-10(8)16)9(6-13(19)20)15-11(17)3-4-12(15)18/h1-2,5,9,16H,3-4,6H2,(H,19,20). The molecule has 106 valence electrons. The van der Waals surface area contributed by atoms with Crippen molar-refractivity contribution >= 4 is 17.8 Å². The Hall–Kier alpha value is -2.44. The van der Waals surface area contributed by atoms with Gasteiger partial charge in [-0.2, -0.15) is 0 Å². The highest BCUT2D eigenvalue weighted by Crippen LogP contribution is 2.31. The molecule has 1 aromatic carbocycles. The number of aliphatic carboxylic acids is 1. The van der Waals surface area contributed by atoms with Gasteiger partial charge in [0, 0.05) is 12.8 Å². The van der Waals surface area contributed by atoms with Crippen molar-refractivity contribution in [3.05, 3.63) is 29.6 Å². The van der Waals surface area contributed by atoms with Crippen LogP contribution in [0.4, 0.5) is 4.39 Å². The number of halogens is 1. The smallest absolute Gasteiger partial charge is 0.305 e. The molecule has 1 aliphatic rings. The molecule has 0 aliphatic carbocycles. The molecular weight excluding hydrogens is 269 g/mol. The summed E-state index contributed by atoms with van der Waals surface area (Å²) < 4.78 is 13.4. The zero-order valence-corrected chi connectivity index (χ0v) is 10.4. The molecule has 20 heavy (non-hydrogen) atoms. The summed E-state index contributed by atoms with van der Waals surface area (Å²) in [5.41, 5.74) is 0.159. The highest BCUT2D eigenvalue weighted by Gasteiger charge is 2.37. The number of imide groups is 1. The van der Waals surface area contributed by atoms with Crippen molar-refractivity contribution in [2.45, 2.75) is 25.3 Å². The Bertz CT molecular complexity index is 570. The molecule has 0 saturated carbocycles. The summed E-state index contributed by atoms with van der Waals surface area (Å²) in [4.78, 5) is 35.2. The van der Waals surface area contributed by atoms with Crippen molar-refractivity contribution in [3.63, 3.8) is 0 Å². The normalized spacial score (nSPS) is 16.6. The van der Waals surface area contributed by atoms with Crippen LogP contribution < -0.4 is 0 Å².